The van der Waals surface area contributed by atoms with Crippen molar-refractivity contribution in [3.8, 4) is 0 Å². The number of hydrogen-bond donors (Lipinski definition) is 1. The molecule has 0 spiro atoms. The molecule has 0 saturated heterocycles. The zero-order valence-corrected chi connectivity index (χ0v) is 13.6. The van der Waals surface area contributed by atoms with Crippen LogP contribution in [-0.2, 0) is 30.7 Å². The van der Waals surface area contributed by atoms with Gasteiger partial charge in [0.15, 0.2) is 0 Å². The summed E-state index contributed by atoms with van der Waals surface area (Å²) in [5.41, 5.74) is 3.35. The molecule has 112 valence electrons. The molecule has 0 atom stereocenters. The molecule has 4 rings (SSSR count). The van der Waals surface area contributed by atoms with Crippen LogP contribution in [0.15, 0.2) is 6.07 Å². The van der Waals surface area contributed by atoms with Gasteiger partial charge in [0, 0.05) is 33.6 Å². The van der Waals surface area contributed by atoms with Crippen molar-refractivity contribution in [2.45, 2.75) is 64.7 Å². The van der Waals surface area contributed by atoms with E-state index in [1.807, 2.05) is 11.3 Å². The summed E-state index contributed by atoms with van der Waals surface area (Å²) in [5.74, 6) is 0. The van der Waals surface area contributed by atoms with E-state index in [2.05, 4.69) is 24.5 Å². The lowest BCUT2D eigenvalue weighted by Crippen LogP contribution is -2.32. The van der Waals surface area contributed by atoms with Crippen LogP contribution in [0.2, 0.25) is 0 Å². The van der Waals surface area contributed by atoms with Crippen molar-refractivity contribution in [3.05, 3.63) is 27.7 Å². The molecule has 3 nitrogen and oxygen atoms in total. The third-order valence-corrected chi connectivity index (χ3v) is 5.93. The highest BCUT2D eigenvalue weighted by molar-refractivity contribution is 7.19. The highest BCUT2D eigenvalue weighted by Gasteiger charge is 2.30. The molecule has 4 heteroatoms. The Bertz CT molecular complexity index is 769. The van der Waals surface area contributed by atoms with Crippen molar-refractivity contribution in [2.75, 3.05) is 0 Å². The lowest BCUT2D eigenvalue weighted by atomic mass is 9.94. The number of ether oxygens (including phenoxy) is 1. The first-order valence-corrected chi connectivity index (χ1v) is 8.72. The van der Waals surface area contributed by atoms with Gasteiger partial charge in [0.05, 0.1) is 12.2 Å². The molecule has 0 amide bonds. The van der Waals surface area contributed by atoms with Gasteiger partial charge in [-0.15, -0.1) is 11.3 Å². The molecule has 1 N–H and O–H groups in total. The van der Waals surface area contributed by atoms with Crippen LogP contribution in [0.5, 0.6) is 0 Å². The molecule has 0 aromatic carbocycles. The van der Waals surface area contributed by atoms with Crippen LogP contribution in [0.4, 0.5) is 0 Å². The van der Waals surface area contributed by atoms with Gasteiger partial charge in [-0.3, -0.25) is 5.41 Å². The maximum atomic E-state index is 8.73. The average molecular weight is 302 g/mol. The van der Waals surface area contributed by atoms with Crippen molar-refractivity contribution in [1.29, 1.82) is 5.41 Å². The molecule has 2 aromatic rings. The Balaban J connectivity index is 1.98. The molecule has 2 aliphatic rings. The van der Waals surface area contributed by atoms with Gasteiger partial charge in [-0.1, -0.05) is 6.42 Å². The summed E-state index contributed by atoms with van der Waals surface area (Å²) < 4.78 is 9.49. The first kappa shape index (κ1) is 13.5. The van der Waals surface area contributed by atoms with Crippen LogP contribution in [0, 0.1) is 5.41 Å². The first-order valence-electron chi connectivity index (χ1n) is 7.91. The van der Waals surface area contributed by atoms with Crippen LogP contribution in [0.25, 0.3) is 10.1 Å². The van der Waals surface area contributed by atoms with E-state index in [4.69, 9.17) is 10.1 Å². The molecule has 0 unspecified atom stereocenters. The molecule has 0 aliphatic carbocycles. The van der Waals surface area contributed by atoms with Crippen LogP contribution >= 0.6 is 11.3 Å². The summed E-state index contributed by atoms with van der Waals surface area (Å²) in [6, 6.07) is 2.34. The van der Waals surface area contributed by atoms with Crippen molar-refractivity contribution >= 4 is 21.4 Å². The van der Waals surface area contributed by atoms with E-state index in [1.54, 1.807) is 0 Å². The Hall–Kier alpha value is -1.13. The summed E-state index contributed by atoms with van der Waals surface area (Å²) >= 11 is 1.84. The van der Waals surface area contributed by atoms with Gasteiger partial charge in [-0.2, -0.15) is 0 Å². The molecule has 0 radical (unpaired) electrons. The van der Waals surface area contributed by atoms with E-state index in [0.29, 0.717) is 6.61 Å². The Morgan fingerprint density at radius 2 is 2.14 bits per heavy atom. The zero-order chi connectivity index (χ0) is 14.6. The van der Waals surface area contributed by atoms with Gasteiger partial charge >= 0.3 is 0 Å². The minimum Gasteiger partial charge on any atom is -0.370 e. The number of rotatable bonds is 0. The van der Waals surface area contributed by atoms with E-state index in [1.165, 1.54) is 45.5 Å². The SMILES string of the molecule is CC1(C)Cc2c(sc3cc4n(c(=N)c23)CCCCC4)CO1. The minimum absolute atomic E-state index is 0.106. The Morgan fingerprint density at radius 3 is 3.00 bits per heavy atom. The average Bonchev–Trinajstić information content (AvgIpc) is 2.62. The number of pyridine rings is 1. The number of aryl methyl sites for hydroxylation is 1. The van der Waals surface area contributed by atoms with Crippen molar-refractivity contribution in [3.63, 3.8) is 0 Å². The maximum absolute atomic E-state index is 8.73. The number of nitrogens with zero attached hydrogens (tertiary/aromatic N) is 1. The molecule has 2 aromatic heterocycles. The molecular weight excluding hydrogens is 280 g/mol. The first-order chi connectivity index (χ1) is 10.1. The fraction of sp³-hybridized carbons (Fsp3) is 0.588. The second-order valence-corrected chi connectivity index (χ2v) is 8.05. The summed E-state index contributed by atoms with van der Waals surface area (Å²) in [5, 5.41) is 9.92. The summed E-state index contributed by atoms with van der Waals surface area (Å²) in [6.07, 6.45) is 5.79. The molecule has 0 fully saturated rings. The topological polar surface area (TPSA) is 38.0 Å². The monoisotopic (exact) mass is 302 g/mol. The number of nitrogens with one attached hydrogen (secondary N) is 1. The van der Waals surface area contributed by atoms with Gasteiger partial charge in [0.2, 0.25) is 0 Å². The van der Waals surface area contributed by atoms with Crippen LogP contribution in [0.1, 0.15) is 49.2 Å². The van der Waals surface area contributed by atoms with Gasteiger partial charge < -0.3 is 9.30 Å². The fourth-order valence-electron chi connectivity index (χ4n) is 3.66. The van der Waals surface area contributed by atoms with Crippen molar-refractivity contribution < 1.29 is 4.74 Å². The third kappa shape index (κ3) is 2.16. The Morgan fingerprint density at radius 1 is 1.29 bits per heavy atom. The Labute approximate surface area is 129 Å². The normalized spacial score (nSPS) is 20.9. The van der Waals surface area contributed by atoms with Gasteiger partial charge in [-0.25, -0.2) is 0 Å². The predicted octanol–water partition coefficient (Wildman–Crippen LogP) is 3.76. The second-order valence-electron chi connectivity index (χ2n) is 6.91. The number of thiophene rings is 1. The van der Waals surface area contributed by atoms with Gasteiger partial charge in [-0.05, 0) is 44.7 Å². The van der Waals surface area contributed by atoms with E-state index >= 15 is 0 Å². The van der Waals surface area contributed by atoms with Gasteiger partial charge in [0.1, 0.15) is 5.49 Å². The summed E-state index contributed by atoms with van der Waals surface area (Å²) in [6.45, 7) is 6.02. The lowest BCUT2D eigenvalue weighted by Gasteiger charge is -2.30. The maximum Gasteiger partial charge on any atom is 0.134 e. The van der Waals surface area contributed by atoms with Crippen LogP contribution in [-0.4, -0.2) is 10.2 Å². The minimum atomic E-state index is -0.106. The van der Waals surface area contributed by atoms with E-state index in [-0.39, 0.29) is 5.60 Å². The molecule has 0 saturated carbocycles. The van der Waals surface area contributed by atoms with E-state index in [0.717, 1.165) is 24.9 Å². The highest BCUT2D eigenvalue weighted by atomic mass is 32.1. The second kappa shape index (κ2) is 4.68. The fourth-order valence-corrected chi connectivity index (χ4v) is 4.86. The van der Waals surface area contributed by atoms with Crippen molar-refractivity contribution in [2.24, 2.45) is 0 Å². The van der Waals surface area contributed by atoms with Crippen molar-refractivity contribution in [1.82, 2.24) is 4.57 Å². The lowest BCUT2D eigenvalue weighted by molar-refractivity contribution is -0.0379. The molecule has 2 aliphatic heterocycles. The molecule has 21 heavy (non-hydrogen) atoms. The molecular formula is C17H22N2OS. The molecule has 0 bridgehead atoms. The predicted molar refractivity (Wildman–Crippen MR) is 85.8 cm³/mol. The summed E-state index contributed by atoms with van der Waals surface area (Å²) in [7, 11) is 0. The Kier molecular flexibility index (Phi) is 3.02. The number of hydrogen-bond acceptors (Lipinski definition) is 3. The molecule has 4 heterocycles. The quantitative estimate of drug-likeness (QED) is 0.790. The smallest absolute Gasteiger partial charge is 0.134 e. The van der Waals surface area contributed by atoms with Crippen LogP contribution in [0.3, 0.4) is 0 Å². The third-order valence-electron chi connectivity index (χ3n) is 4.78. The number of fused-ring (bicyclic) bond motifs is 4. The van der Waals surface area contributed by atoms with Crippen LogP contribution < -0.4 is 5.49 Å². The highest BCUT2D eigenvalue weighted by Crippen LogP contribution is 2.38. The van der Waals surface area contributed by atoms with E-state index < -0.39 is 0 Å². The largest absolute Gasteiger partial charge is 0.370 e. The zero-order valence-electron chi connectivity index (χ0n) is 12.8. The number of aromatic nitrogens is 1. The standard InChI is InChI=1S/C17H22N2OS/c1-17(2)9-12-14(10-20-17)21-13-8-11-6-4-3-5-7-19(11)16(18)15(12)13/h8,18H,3-7,9-10H2,1-2H3. The van der Waals surface area contributed by atoms with Gasteiger partial charge in [0.25, 0.3) is 0 Å². The summed E-state index contributed by atoms with van der Waals surface area (Å²) in [4.78, 5) is 1.33. The van der Waals surface area contributed by atoms with E-state index in [9.17, 15) is 0 Å².